The van der Waals surface area contributed by atoms with Gasteiger partial charge in [0.1, 0.15) is 5.60 Å². The summed E-state index contributed by atoms with van der Waals surface area (Å²) in [6.07, 6.45) is -1.08. The zero-order chi connectivity index (χ0) is 14.4. The minimum absolute atomic E-state index is 0.0482. The molecule has 6 heteroatoms. The number of piperidine rings is 1. The van der Waals surface area contributed by atoms with Crippen molar-refractivity contribution in [3.8, 4) is 0 Å². The fourth-order valence-electron chi connectivity index (χ4n) is 2.88. The zero-order valence-electron chi connectivity index (χ0n) is 11.7. The molecule has 1 heterocycles. The van der Waals surface area contributed by atoms with Crippen LogP contribution in [0.3, 0.4) is 0 Å². The van der Waals surface area contributed by atoms with Gasteiger partial charge < -0.3 is 20.1 Å². The van der Waals surface area contributed by atoms with E-state index in [1.165, 1.54) is 4.90 Å². The van der Waals surface area contributed by atoms with Crippen LogP contribution in [0.5, 0.6) is 0 Å². The second-order valence-corrected chi connectivity index (χ2v) is 6.54. The Balaban J connectivity index is 2.18. The third kappa shape index (κ3) is 2.57. The molecule has 0 aromatic heterocycles. The third-order valence-corrected chi connectivity index (χ3v) is 3.98. The van der Waals surface area contributed by atoms with Crippen LogP contribution in [-0.4, -0.2) is 62.8 Å². The standard InChI is InChI=1S/C13H23NO5/c1-12(2,3)19-11(18)14-6-9(16)10(17)8(7-15)13(14)4-5-13/h8-10,15-17H,4-7H2,1-3H3. The highest BCUT2D eigenvalue weighted by molar-refractivity contribution is 5.70. The van der Waals surface area contributed by atoms with E-state index in [4.69, 9.17) is 4.74 Å². The van der Waals surface area contributed by atoms with Gasteiger partial charge in [-0.05, 0) is 33.6 Å². The Kier molecular flexibility index (Phi) is 3.53. The maximum Gasteiger partial charge on any atom is 0.410 e. The molecule has 2 aliphatic rings. The number of hydrogen-bond donors (Lipinski definition) is 3. The van der Waals surface area contributed by atoms with Gasteiger partial charge in [0.15, 0.2) is 0 Å². The number of carbonyl (C=O) groups excluding carboxylic acids is 1. The molecule has 110 valence electrons. The smallest absolute Gasteiger partial charge is 0.410 e. The Morgan fingerprint density at radius 3 is 2.37 bits per heavy atom. The molecule has 6 nitrogen and oxygen atoms in total. The molecule has 1 saturated heterocycles. The van der Waals surface area contributed by atoms with Crippen molar-refractivity contribution in [1.82, 2.24) is 4.90 Å². The van der Waals surface area contributed by atoms with Crippen LogP contribution in [-0.2, 0) is 4.74 Å². The number of nitrogens with zero attached hydrogens (tertiary/aromatic N) is 1. The van der Waals surface area contributed by atoms with E-state index < -0.39 is 35.4 Å². The first-order chi connectivity index (χ1) is 8.71. The van der Waals surface area contributed by atoms with Gasteiger partial charge in [-0.15, -0.1) is 0 Å². The molecule has 2 fully saturated rings. The van der Waals surface area contributed by atoms with Crippen molar-refractivity contribution < 1.29 is 24.9 Å². The van der Waals surface area contributed by atoms with Crippen molar-refractivity contribution in [2.45, 2.75) is 57.0 Å². The summed E-state index contributed by atoms with van der Waals surface area (Å²) in [7, 11) is 0. The molecule has 2 rings (SSSR count). The molecule has 1 spiro atoms. The number of rotatable bonds is 1. The number of aliphatic hydroxyl groups is 3. The van der Waals surface area contributed by atoms with E-state index in [0.717, 1.165) is 12.8 Å². The molecule has 0 aromatic carbocycles. The number of hydrogen-bond acceptors (Lipinski definition) is 5. The van der Waals surface area contributed by atoms with E-state index in [0.29, 0.717) is 0 Å². The van der Waals surface area contributed by atoms with Gasteiger partial charge >= 0.3 is 6.09 Å². The topological polar surface area (TPSA) is 90.2 Å². The highest BCUT2D eigenvalue weighted by Crippen LogP contribution is 2.52. The largest absolute Gasteiger partial charge is 0.444 e. The lowest BCUT2D eigenvalue weighted by atomic mass is 9.83. The maximum absolute atomic E-state index is 12.2. The lowest BCUT2D eigenvalue weighted by Crippen LogP contribution is -2.63. The van der Waals surface area contributed by atoms with E-state index in [9.17, 15) is 20.1 Å². The van der Waals surface area contributed by atoms with Crippen molar-refractivity contribution in [3.63, 3.8) is 0 Å². The quantitative estimate of drug-likeness (QED) is 0.630. The van der Waals surface area contributed by atoms with Crippen LogP contribution in [0, 0.1) is 5.92 Å². The number of carbonyl (C=O) groups is 1. The third-order valence-electron chi connectivity index (χ3n) is 3.98. The van der Waals surface area contributed by atoms with E-state index in [1.54, 1.807) is 20.8 Å². The summed E-state index contributed by atoms with van der Waals surface area (Å²) < 4.78 is 5.34. The lowest BCUT2D eigenvalue weighted by molar-refractivity contribution is -0.119. The van der Waals surface area contributed by atoms with Crippen LogP contribution in [0.1, 0.15) is 33.6 Å². The number of β-amino-alcohol motifs (C(OH)–C–C–N with tert-alkyl or cyclic N) is 1. The summed E-state index contributed by atoms with van der Waals surface area (Å²) in [4.78, 5) is 13.7. The number of amides is 1. The van der Waals surface area contributed by atoms with Crippen LogP contribution >= 0.6 is 0 Å². The van der Waals surface area contributed by atoms with Crippen molar-refractivity contribution in [1.29, 1.82) is 0 Å². The monoisotopic (exact) mass is 273 g/mol. The Hall–Kier alpha value is -0.850. The number of likely N-dealkylation sites (tertiary alicyclic amines) is 1. The average Bonchev–Trinajstić information content (AvgIpc) is 3.03. The molecular formula is C13H23NO5. The minimum atomic E-state index is -1.05. The molecular weight excluding hydrogens is 250 g/mol. The molecule has 0 radical (unpaired) electrons. The zero-order valence-corrected chi connectivity index (χ0v) is 11.7. The predicted molar refractivity (Wildman–Crippen MR) is 67.5 cm³/mol. The minimum Gasteiger partial charge on any atom is -0.444 e. The molecule has 3 unspecified atom stereocenters. The SMILES string of the molecule is CC(C)(C)OC(=O)N1CC(O)C(O)C(CO)C12CC2. The first-order valence-corrected chi connectivity index (χ1v) is 6.69. The fourth-order valence-corrected chi connectivity index (χ4v) is 2.88. The molecule has 0 bridgehead atoms. The summed E-state index contributed by atoms with van der Waals surface area (Å²) >= 11 is 0. The molecule has 1 amide bonds. The van der Waals surface area contributed by atoms with Crippen LogP contribution in [0.15, 0.2) is 0 Å². The Labute approximate surface area is 113 Å². The highest BCUT2D eigenvalue weighted by Gasteiger charge is 2.62. The lowest BCUT2D eigenvalue weighted by Gasteiger charge is -2.46. The van der Waals surface area contributed by atoms with Gasteiger partial charge in [0.2, 0.25) is 0 Å². The normalized spacial score (nSPS) is 33.4. The maximum atomic E-state index is 12.2. The summed E-state index contributed by atoms with van der Waals surface area (Å²) in [5, 5.41) is 29.2. The first kappa shape index (κ1) is 14.6. The van der Waals surface area contributed by atoms with Gasteiger partial charge in [-0.1, -0.05) is 0 Å². The fraction of sp³-hybridized carbons (Fsp3) is 0.923. The second-order valence-electron chi connectivity index (χ2n) is 6.54. The van der Waals surface area contributed by atoms with Gasteiger partial charge in [0, 0.05) is 5.92 Å². The molecule has 3 N–H and O–H groups in total. The highest BCUT2D eigenvalue weighted by atomic mass is 16.6. The Bertz CT molecular complexity index is 361. The van der Waals surface area contributed by atoms with E-state index in [-0.39, 0.29) is 13.2 Å². The molecule has 19 heavy (non-hydrogen) atoms. The van der Waals surface area contributed by atoms with Crippen LogP contribution < -0.4 is 0 Å². The van der Waals surface area contributed by atoms with Crippen LogP contribution in [0.25, 0.3) is 0 Å². The summed E-state index contributed by atoms with van der Waals surface area (Å²) in [6, 6.07) is 0. The van der Waals surface area contributed by atoms with Crippen LogP contribution in [0.4, 0.5) is 4.79 Å². The number of ether oxygens (including phenoxy) is 1. The summed E-state index contributed by atoms with van der Waals surface area (Å²) in [5.74, 6) is -0.510. The van der Waals surface area contributed by atoms with Crippen LogP contribution in [0.2, 0.25) is 0 Å². The number of aliphatic hydroxyl groups excluding tert-OH is 3. The molecule has 1 aliphatic heterocycles. The average molecular weight is 273 g/mol. The molecule has 3 atom stereocenters. The van der Waals surface area contributed by atoms with Crippen molar-refractivity contribution in [3.05, 3.63) is 0 Å². The van der Waals surface area contributed by atoms with Gasteiger partial charge in [0.25, 0.3) is 0 Å². The van der Waals surface area contributed by atoms with E-state index >= 15 is 0 Å². The van der Waals surface area contributed by atoms with Crippen molar-refractivity contribution >= 4 is 6.09 Å². The van der Waals surface area contributed by atoms with E-state index in [1.807, 2.05) is 0 Å². The molecule has 0 aromatic rings. The molecule has 1 saturated carbocycles. The summed E-state index contributed by atoms with van der Waals surface area (Å²) in [6.45, 7) is 5.14. The molecule has 1 aliphatic carbocycles. The van der Waals surface area contributed by atoms with Gasteiger partial charge in [-0.3, -0.25) is 4.90 Å². The van der Waals surface area contributed by atoms with Crippen molar-refractivity contribution in [2.24, 2.45) is 5.92 Å². The first-order valence-electron chi connectivity index (χ1n) is 6.69. The predicted octanol–water partition coefficient (Wildman–Crippen LogP) is 0.100. The van der Waals surface area contributed by atoms with Crippen molar-refractivity contribution in [2.75, 3.05) is 13.2 Å². The summed E-state index contributed by atoms with van der Waals surface area (Å²) in [5.41, 5.74) is -1.15. The van der Waals surface area contributed by atoms with Gasteiger partial charge in [-0.2, -0.15) is 0 Å². The van der Waals surface area contributed by atoms with Gasteiger partial charge in [0.05, 0.1) is 30.9 Å². The second kappa shape index (κ2) is 4.61. The van der Waals surface area contributed by atoms with Gasteiger partial charge in [-0.25, -0.2) is 4.79 Å². The Morgan fingerprint density at radius 2 is 1.95 bits per heavy atom. The Morgan fingerprint density at radius 1 is 1.37 bits per heavy atom. The van der Waals surface area contributed by atoms with E-state index in [2.05, 4.69) is 0 Å².